The third kappa shape index (κ3) is 3.20. The predicted octanol–water partition coefficient (Wildman–Crippen LogP) is 3.84. The third-order valence-electron chi connectivity index (χ3n) is 4.05. The van der Waals surface area contributed by atoms with E-state index in [1.165, 1.54) is 6.42 Å². The summed E-state index contributed by atoms with van der Waals surface area (Å²) in [6.45, 7) is 3.15. The van der Waals surface area contributed by atoms with Crippen LogP contribution in [0.1, 0.15) is 37.9 Å². The number of ether oxygens (including phenoxy) is 2. The highest BCUT2D eigenvalue weighted by atomic mass is 16.5. The van der Waals surface area contributed by atoms with Crippen molar-refractivity contribution in [2.24, 2.45) is 0 Å². The fourth-order valence-electron chi connectivity index (χ4n) is 2.87. The molecule has 3 rings (SSSR count). The van der Waals surface area contributed by atoms with Crippen LogP contribution >= 0.6 is 0 Å². The second-order valence-electron chi connectivity index (χ2n) is 5.68. The molecule has 21 heavy (non-hydrogen) atoms. The molecular weight excluding hydrogens is 264 g/mol. The zero-order valence-corrected chi connectivity index (χ0v) is 12.4. The van der Waals surface area contributed by atoms with Gasteiger partial charge < -0.3 is 14.6 Å². The van der Waals surface area contributed by atoms with Gasteiger partial charge in [-0.2, -0.15) is 0 Å². The Morgan fingerprint density at radius 3 is 2.86 bits per heavy atom. The van der Waals surface area contributed by atoms with Crippen LogP contribution in [0.2, 0.25) is 0 Å². The number of benzene rings is 2. The minimum absolute atomic E-state index is 0.166. The van der Waals surface area contributed by atoms with Crippen molar-refractivity contribution in [2.75, 3.05) is 13.2 Å². The summed E-state index contributed by atoms with van der Waals surface area (Å²) in [6.07, 6.45) is 3.02. The summed E-state index contributed by atoms with van der Waals surface area (Å²) in [6, 6.07) is 12.1. The Morgan fingerprint density at radius 1 is 1.24 bits per heavy atom. The summed E-state index contributed by atoms with van der Waals surface area (Å²) < 4.78 is 11.8. The highest BCUT2D eigenvalue weighted by molar-refractivity contribution is 5.89. The van der Waals surface area contributed by atoms with Gasteiger partial charge in [0.2, 0.25) is 0 Å². The molecule has 0 radical (unpaired) electrons. The largest absolute Gasteiger partial charge is 0.490 e. The summed E-state index contributed by atoms with van der Waals surface area (Å²) in [5.41, 5.74) is 0.838. The number of hydrogen-bond acceptors (Lipinski definition) is 3. The number of hydrogen-bond donors (Lipinski definition) is 1. The number of fused-ring (bicyclic) bond motifs is 1. The molecule has 2 aromatic carbocycles. The topological polar surface area (TPSA) is 38.7 Å². The summed E-state index contributed by atoms with van der Waals surface area (Å²) in [5, 5.41) is 12.2. The van der Waals surface area contributed by atoms with Crippen LogP contribution < -0.4 is 4.74 Å². The molecule has 2 unspecified atom stereocenters. The van der Waals surface area contributed by atoms with E-state index in [1.54, 1.807) is 6.92 Å². The Labute approximate surface area is 125 Å². The fraction of sp³-hybridized carbons (Fsp3) is 0.444. The normalized spacial score (nSPS) is 20.4. The van der Waals surface area contributed by atoms with E-state index in [0.717, 1.165) is 41.5 Å². The molecule has 1 fully saturated rings. The van der Waals surface area contributed by atoms with Gasteiger partial charge in [-0.05, 0) is 31.6 Å². The van der Waals surface area contributed by atoms with Gasteiger partial charge in [0.15, 0.2) is 0 Å². The molecule has 0 aliphatic carbocycles. The first kappa shape index (κ1) is 14.4. The Morgan fingerprint density at radius 2 is 2.10 bits per heavy atom. The van der Waals surface area contributed by atoms with E-state index < -0.39 is 6.10 Å². The zero-order chi connectivity index (χ0) is 14.7. The Balaban J connectivity index is 1.88. The first-order chi connectivity index (χ1) is 10.3. The fourth-order valence-corrected chi connectivity index (χ4v) is 2.87. The highest BCUT2D eigenvalue weighted by Gasteiger charge is 2.18. The molecule has 1 aliphatic heterocycles. The first-order valence-corrected chi connectivity index (χ1v) is 7.70. The molecule has 2 atom stereocenters. The zero-order valence-electron chi connectivity index (χ0n) is 12.4. The lowest BCUT2D eigenvalue weighted by Crippen LogP contribution is -2.26. The van der Waals surface area contributed by atoms with Gasteiger partial charge in [-0.25, -0.2) is 0 Å². The lowest BCUT2D eigenvalue weighted by atomic mass is 10.0. The maximum absolute atomic E-state index is 9.99. The van der Waals surface area contributed by atoms with Crippen molar-refractivity contribution in [1.82, 2.24) is 0 Å². The standard InChI is InChI=1S/C18H22O3/c1-13(19)16-10-9-14-6-2-3-8-17(14)18(16)21-12-15-7-4-5-11-20-15/h2-3,6,8-10,13,15,19H,4-5,7,11-12H2,1H3. The van der Waals surface area contributed by atoms with E-state index >= 15 is 0 Å². The molecule has 1 heterocycles. The van der Waals surface area contributed by atoms with E-state index in [9.17, 15) is 5.11 Å². The molecule has 1 N–H and O–H groups in total. The summed E-state index contributed by atoms with van der Waals surface area (Å²) in [7, 11) is 0. The van der Waals surface area contributed by atoms with Crippen LogP contribution in [0.15, 0.2) is 36.4 Å². The predicted molar refractivity (Wildman–Crippen MR) is 83.7 cm³/mol. The van der Waals surface area contributed by atoms with Crippen LogP contribution in [-0.4, -0.2) is 24.4 Å². The van der Waals surface area contributed by atoms with Crippen molar-refractivity contribution in [1.29, 1.82) is 0 Å². The molecule has 112 valence electrons. The van der Waals surface area contributed by atoms with E-state index in [0.29, 0.717) is 6.61 Å². The SMILES string of the molecule is CC(O)c1ccc2ccccc2c1OCC1CCCCO1. The average Bonchev–Trinajstić information content (AvgIpc) is 2.53. The molecule has 0 aromatic heterocycles. The molecule has 0 saturated carbocycles. The Kier molecular flexibility index (Phi) is 4.42. The van der Waals surface area contributed by atoms with E-state index in [-0.39, 0.29) is 6.10 Å². The van der Waals surface area contributed by atoms with E-state index in [2.05, 4.69) is 6.07 Å². The van der Waals surface area contributed by atoms with Crippen LogP contribution in [0.3, 0.4) is 0 Å². The molecular formula is C18H22O3. The van der Waals surface area contributed by atoms with Crippen molar-refractivity contribution >= 4 is 10.8 Å². The van der Waals surface area contributed by atoms with Crippen molar-refractivity contribution in [3.05, 3.63) is 42.0 Å². The number of aliphatic hydroxyl groups is 1. The molecule has 0 amide bonds. The van der Waals surface area contributed by atoms with Gasteiger partial charge in [-0.15, -0.1) is 0 Å². The summed E-state index contributed by atoms with van der Waals surface area (Å²) in [4.78, 5) is 0. The van der Waals surface area contributed by atoms with Gasteiger partial charge in [0.1, 0.15) is 12.4 Å². The van der Waals surface area contributed by atoms with Gasteiger partial charge in [0.25, 0.3) is 0 Å². The van der Waals surface area contributed by atoms with Crippen LogP contribution in [0.4, 0.5) is 0 Å². The molecule has 3 heteroatoms. The molecule has 0 spiro atoms. The first-order valence-electron chi connectivity index (χ1n) is 7.70. The lowest BCUT2D eigenvalue weighted by molar-refractivity contribution is -0.0113. The van der Waals surface area contributed by atoms with Crippen molar-refractivity contribution in [3.63, 3.8) is 0 Å². The smallest absolute Gasteiger partial charge is 0.133 e. The molecule has 3 nitrogen and oxygen atoms in total. The minimum Gasteiger partial charge on any atom is -0.490 e. The van der Waals surface area contributed by atoms with Gasteiger partial charge >= 0.3 is 0 Å². The Hall–Kier alpha value is -1.58. The van der Waals surface area contributed by atoms with Gasteiger partial charge in [0, 0.05) is 17.6 Å². The van der Waals surface area contributed by atoms with Crippen LogP contribution in [0.5, 0.6) is 5.75 Å². The number of aliphatic hydroxyl groups excluding tert-OH is 1. The van der Waals surface area contributed by atoms with Gasteiger partial charge in [-0.3, -0.25) is 0 Å². The van der Waals surface area contributed by atoms with E-state index in [4.69, 9.17) is 9.47 Å². The van der Waals surface area contributed by atoms with Crippen LogP contribution in [0.25, 0.3) is 10.8 Å². The number of rotatable bonds is 4. The molecule has 1 saturated heterocycles. The molecule has 1 aliphatic rings. The average molecular weight is 286 g/mol. The maximum Gasteiger partial charge on any atom is 0.133 e. The minimum atomic E-state index is -0.545. The van der Waals surface area contributed by atoms with Crippen LogP contribution in [0, 0.1) is 0 Å². The maximum atomic E-state index is 9.99. The van der Waals surface area contributed by atoms with Gasteiger partial charge in [0.05, 0.1) is 12.2 Å². The lowest BCUT2D eigenvalue weighted by Gasteiger charge is -2.24. The van der Waals surface area contributed by atoms with E-state index in [1.807, 2.05) is 30.3 Å². The van der Waals surface area contributed by atoms with Crippen molar-refractivity contribution in [3.8, 4) is 5.75 Å². The third-order valence-corrected chi connectivity index (χ3v) is 4.05. The van der Waals surface area contributed by atoms with Crippen molar-refractivity contribution in [2.45, 2.75) is 38.4 Å². The summed E-state index contributed by atoms with van der Waals surface area (Å²) in [5.74, 6) is 0.789. The summed E-state index contributed by atoms with van der Waals surface area (Å²) >= 11 is 0. The van der Waals surface area contributed by atoms with Gasteiger partial charge in [-0.1, -0.05) is 36.4 Å². The second-order valence-corrected chi connectivity index (χ2v) is 5.68. The molecule has 2 aromatic rings. The highest BCUT2D eigenvalue weighted by Crippen LogP contribution is 2.34. The second kappa shape index (κ2) is 6.46. The van der Waals surface area contributed by atoms with Crippen LogP contribution in [-0.2, 0) is 4.74 Å². The molecule has 0 bridgehead atoms. The van der Waals surface area contributed by atoms with Crippen molar-refractivity contribution < 1.29 is 14.6 Å². The Bertz CT molecular complexity index is 600. The monoisotopic (exact) mass is 286 g/mol. The quantitative estimate of drug-likeness (QED) is 0.928.